The van der Waals surface area contributed by atoms with Gasteiger partial charge in [-0.25, -0.2) is 4.39 Å². The van der Waals surface area contributed by atoms with E-state index in [1.165, 1.54) is 23.3 Å². The zero-order valence-corrected chi connectivity index (χ0v) is 11.7. The maximum absolute atomic E-state index is 13.3. The van der Waals surface area contributed by atoms with Crippen LogP contribution in [0.15, 0.2) is 36.4 Å². The molecule has 2 nitrogen and oxygen atoms in total. The van der Waals surface area contributed by atoms with E-state index in [9.17, 15) is 4.39 Å². The minimum absolute atomic E-state index is 0.0680. The Kier molecular flexibility index (Phi) is 3.22. The molecule has 0 bridgehead atoms. The summed E-state index contributed by atoms with van der Waals surface area (Å²) in [6.45, 7) is 4.14. The van der Waals surface area contributed by atoms with Crippen molar-refractivity contribution in [2.45, 2.75) is 32.4 Å². The van der Waals surface area contributed by atoms with Crippen molar-refractivity contribution < 1.29 is 9.13 Å². The van der Waals surface area contributed by atoms with E-state index in [4.69, 9.17) is 10.5 Å². The molecule has 1 heterocycles. The minimum Gasteiger partial charge on any atom is -0.485 e. The molecule has 3 rings (SSSR count). The SMILES string of the molecule is Cc1cc(C)cc(C2CC(N)c3cc(F)ccc3O2)c1. The van der Waals surface area contributed by atoms with E-state index in [-0.39, 0.29) is 18.0 Å². The van der Waals surface area contributed by atoms with Gasteiger partial charge in [0.1, 0.15) is 17.7 Å². The molecule has 2 aromatic carbocycles. The van der Waals surface area contributed by atoms with Crippen molar-refractivity contribution >= 4 is 0 Å². The quantitative estimate of drug-likeness (QED) is 0.852. The monoisotopic (exact) mass is 271 g/mol. The summed E-state index contributed by atoms with van der Waals surface area (Å²) in [5.74, 6) is 0.418. The predicted molar refractivity (Wildman–Crippen MR) is 77.2 cm³/mol. The lowest BCUT2D eigenvalue weighted by Gasteiger charge is -2.31. The van der Waals surface area contributed by atoms with Crippen LogP contribution in [0.2, 0.25) is 0 Å². The predicted octanol–water partition coefficient (Wildman–Crippen LogP) is 3.97. The first kappa shape index (κ1) is 13.1. The number of benzene rings is 2. The Morgan fingerprint density at radius 3 is 2.50 bits per heavy atom. The summed E-state index contributed by atoms with van der Waals surface area (Å²) in [6, 6.07) is 10.7. The van der Waals surface area contributed by atoms with Crippen LogP contribution in [0, 0.1) is 19.7 Å². The Bertz CT molecular complexity index is 633. The number of nitrogens with two attached hydrogens (primary N) is 1. The Labute approximate surface area is 118 Å². The Balaban J connectivity index is 1.96. The Morgan fingerprint density at radius 1 is 1.10 bits per heavy atom. The van der Waals surface area contributed by atoms with Crippen LogP contribution in [0.4, 0.5) is 4.39 Å². The molecule has 2 N–H and O–H groups in total. The van der Waals surface area contributed by atoms with Crippen LogP contribution < -0.4 is 10.5 Å². The first-order valence-electron chi connectivity index (χ1n) is 6.83. The van der Waals surface area contributed by atoms with Crippen LogP contribution in [0.1, 0.15) is 40.8 Å². The maximum atomic E-state index is 13.3. The fraction of sp³-hybridized carbons (Fsp3) is 0.294. The average Bonchev–Trinajstić information content (AvgIpc) is 2.38. The largest absolute Gasteiger partial charge is 0.485 e. The van der Waals surface area contributed by atoms with Gasteiger partial charge in [-0.2, -0.15) is 0 Å². The summed E-state index contributed by atoms with van der Waals surface area (Å²) in [5, 5.41) is 0. The molecule has 0 aliphatic carbocycles. The van der Waals surface area contributed by atoms with Crippen LogP contribution in [-0.2, 0) is 0 Å². The topological polar surface area (TPSA) is 35.2 Å². The van der Waals surface area contributed by atoms with Gasteiger partial charge in [-0.3, -0.25) is 0 Å². The molecule has 2 aromatic rings. The van der Waals surface area contributed by atoms with Crippen molar-refractivity contribution in [2.75, 3.05) is 0 Å². The highest BCUT2D eigenvalue weighted by molar-refractivity contribution is 5.40. The molecule has 0 spiro atoms. The highest BCUT2D eigenvalue weighted by atomic mass is 19.1. The molecule has 0 aromatic heterocycles. The van der Waals surface area contributed by atoms with E-state index in [0.717, 1.165) is 11.1 Å². The number of ether oxygens (including phenoxy) is 1. The third-order valence-electron chi connectivity index (χ3n) is 3.72. The first-order chi connectivity index (χ1) is 9.52. The van der Waals surface area contributed by atoms with Crippen LogP contribution in [0.3, 0.4) is 0 Å². The van der Waals surface area contributed by atoms with Gasteiger partial charge >= 0.3 is 0 Å². The van der Waals surface area contributed by atoms with Crippen molar-refractivity contribution in [3.8, 4) is 5.75 Å². The smallest absolute Gasteiger partial charge is 0.126 e. The summed E-state index contributed by atoms with van der Waals surface area (Å²) in [4.78, 5) is 0. The van der Waals surface area contributed by atoms with Crippen LogP contribution in [-0.4, -0.2) is 0 Å². The van der Waals surface area contributed by atoms with Crippen LogP contribution >= 0.6 is 0 Å². The molecule has 1 aliphatic heterocycles. The van der Waals surface area contributed by atoms with Crippen molar-refractivity contribution in [3.63, 3.8) is 0 Å². The number of rotatable bonds is 1. The van der Waals surface area contributed by atoms with Crippen molar-refractivity contribution in [1.82, 2.24) is 0 Å². The number of hydrogen-bond acceptors (Lipinski definition) is 2. The van der Waals surface area contributed by atoms with Gasteiger partial charge in [-0.15, -0.1) is 0 Å². The molecule has 0 saturated carbocycles. The Hall–Kier alpha value is -1.87. The molecule has 0 saturated heterocycles. The summed E-state index contributed by atoms with van der Waals surface area (Å²) in [7, 11) is 0. The van der Waals surface area contributed by atoms with E-state index >= 15 is 0 Å². The van der Waals surface area contributed by atoms with Gasteiger partial charge in [-0.1, -0.05) is 29.3 Å². The average molecular weight is 271 g/mol. The van der Waals surface area contributed by atoms with Crippen molar-refractivity contribution in [3.05, 3.63) is 64.5 Å². The molecule has 0 amide bonds. The molecule has 3 heteroatoms. The second-order valence-corrected chi connectivity index (χ2v) is 5.55. The molecule has 0 fully saturated rings. The number of halogens is 1. The second-order valence-electron chi connectivity index (χ2n) is 5.55. The number of fused-ring (bicyclic) bond motifs is 1. The van der Waals surface area contributed by atoms with Gasteiger partial charge in [0.2, 0.25) is 0 Å². The van der Waals surface area contributed by atoms with Gasteiger partial charge in [0, 0.05) is 18.0 Å². The van der Waals surface area contributed by atoms with E-state index in [2.05, 4.69) is 32.0 Å². The van der Waals surface area contributed by atoms with Crippen LogP contribution in [0.25, 0.3) is 0 Å². The Morgan fingerprint density at radius 2 is 1.80 bits per heavy atom. The fourth-order valence-electron chi connectivity index (χ4n) is 2.88. The highest BCUT2D eigenvalue weighted by Gasteiger charge is 2.27. The van der Waals surface area contributed by atoms with E-state index in [1.54, 1.807) is 6.07 Å². The molecule has 2 atom stereocenters. The standard InChI is InChI=1S/C17H18FNO/c1-10-5-11(2)7-12(6-10)17-9-15(19)14-8-13(18)3-4-16(14)20-17/h3-8,15,17H,9,19H2,1-2H3. The van der Waals surface area contributed by atoms with Gasteiger partial charge in [0.25, 0.3) is 0 Å². The van der Waals surface area contributed by atoms with Crippen LogP contribution in [0.5, 0.6) is 5.75 Å². The van der Waals surface area contributed by atoms with Gasteiger partial charge < -0.3 is 10.5 Å². The first-order valence-corrected chi connectivity index (χ1v) is 6.83. The molecule has 20 heavy (non-hydrogen) atoms. The lowest BCUT2D eigenvalue weighted by molar-refractivity contribution is 0.161. The molecular formula is C17H18FNO. The lowest BCUT2D eigenvalue weighted by atomic mass is 9.92. The highest BCUT2D eigenvalue weighted by Crippen LogP contribution is 2.40. The minimum atomic E-state index is -0.271. The molecule has 2 unspecified atom stereocenters. The van der Waals surface area contributed by atoms with E-state index < -0.39 is 0 Å². The number of hydrogen-bond donors (Lipinski definition) is 1. The van der Waals surface area contributed by atoms with E-state index in [0.29, 0.717) is 12.2 Å². The number of aryl methyl sites for hydroxylation is 2. The molecule has 1 aliphatic rings. The van der Waals surface area contributed by atoms with Crippen molar-refractivity contribution in [1.29, 1.82) is 0 Å². The summed E-state index contributed by atoms with van der Waals surface area (Å²) in [5.41, 5.74) is 10.5. The summed E-state index contributed by atoms with van der Waals surface area (Å²) >= 11 is 0. The third kappa shape index (κ3) is 2.41. The summed E-state index contributed by atoms with van der Waals surface area (Å²) in [6.07, 6.45) is 0.598. The molecule has 104 valence electrons. The molecule has 0 radical (unpaired) electrons. The lowest BCUT2D eigenvalue weighted by Crippen LogP contribution is -2.24. The maximum Gasteiger partial charge on any atom is 0.126 e. The van der Waals surface area contributed by atoms with Gasteiger partial charge in [-0.05, 0) is 37.6 Å². The molecular weight excluding hydrogens is 253 g/mol. The summed E-state index contributed by atoms with van der Waals surface area (Å²) < 4.78 is 19.3. The second kappa shape index (κ2) is 4.91. The zero-order valence-electron chi connectivity index (χ0n) is 11.7. The van der Waals surface area contributed by atoms with E-state index in [1.807, 2.05) is 0 Å². The van der Waals surface area contributed by atoms with Gasteiger partial charge in [0.05, 0.1) is 0 Å². The normalized spacial score (nSPS) is 21.2. The third-order valence-corrected chi connectivity index (χ3v) is 3.72. The zero-order chi connectivity index (χ0) is 14.3. The fourth-order valence-corrected chi connectivity index (χ4v) is 2.88. The van der Waals surface area contributed by atoms with Crippen molar-refractivity contribution in [2.24, 2.45) is 5.73 Å². The van der Waals surface area contributed by atoms with Gasteiger partial charge in [0.15, 0.2) is 0 Å².